The summed E-state index contributed by atoms with van der Waals surface area (Å²) in [4.78, 5) is 14.5. The summed E-state index contributed by atoms with van der Waals surface area (Å²) in [5.41, 5.74) is 5.64. The molecule has 1 saturated heterocycles. The maximum atomic E-state index is 13.6. The summed E-state index contributed by atoms with van der Waals surface area (Å²) >= 11 is 0. The number of morpholine rings is 1. The normalized spacial score (nSPS) is 23.8. The molecule has 33 heavy (non-hydrogen) atoms. The summed E-state index contributed by atoms with van der Waals surface area (Å²) in [7, 11) is 0. The van der Waals surface area contributed by atoms with Crippen LogP contribution in [0.3, 0.4) is 0 Å². The maximum absolute atomic E-state index is 13.6. The minimum absolute atomic E-state index is 0.00678. The topological polar surface area (TPSA) is 94.2 Å². The zero-order chi connectivity index (χ0) is 25.1. The van der Waals surface area contributed by atoms with Crippen molar-refractivity contribution in [3.8, 4) is 0 Å². The van der Waals surface area contributed by atoms with Gasteiger partial charge in [0.2, 0.25) is 0 Å². The molecular weight excluding hydrogens is 434 g/mol. The van der Waals surface area contributed by atoms with Crippen molar-refractivity contribution in [3.63, 3.8) is 0 Å². The third-order valence-corrected chi connectivity index (χ3v) is 5.13. The van der Waals surface area contributed by atoms with Crippen LogP contribution in [0.1, 0.15) is 54.0 Å². The second kappa shape index (κ2) is 10.6. The van der Waals surface area contributed by atoms with Crippen molar-refractivity contribution >= 4 is 6.09 Å². The first-order chi connectivity index (χ1) is 15.1. The van der Waals surface area contributed by atoms with Gasteiger partial charge in [-0.3, -0.25) is 4.90 Å². The first-order valence-corrected chi connectivity index (χ1v) is 11.2. The summed E-state index contributed by atoms with van der Waals surface area (Å²) < 4.78 is 44.5. The fraction of sp³-hybridized carbons (Fsp3) is 0.708. The van der Waals surface area contributed by atoms with E-state index in [1.807, 2.05) is 20.8 Å². The highest BCUT2D eigenvalue weighted by Gasteiger charge is 2.45. The smallest absolute Gasteiger partial charge is 0.411 e. The quantitative estimate of drug-likeness (QED) is 0.657. The molecule has 3 N–H and O–H groups in total. The molecule has 1 aromatic carbocycles. The summed E-state index contributed by atoms with van der Waals surface area (Å²) in [5, 5.41) is 11.0. The van der Waals surface area contributed by atoms with Crippen LogP contribution in [0.5, 0.6) is 0 Å². The van der Waals surface area contributed by atoms with Gasteiger partial charge >= 0.3 is 6.09 Å². The summed E-state index contributed by atoms with van der Waals surface area (Å²) in [6.45, 7) is 13.4. The number of hydrogen-bond acceptors (Lipinski definition) is 6. The summed E-state index contributed by atoms with van der Waals surface area (Å²) in [6.07, 6.45) is -2.58. The summed E-state index contributed by atoms with van der Waals surface area (Å²) in [5.74, 6) is -1.45. The van der Waals surface area contributed by atoms with Gasteiger partial charge in [0.05, 0.1) is 31.4 Å². The number of carbonyl (C=O) groups is 1. The van der Waals surface area contributed by atoms with Crippen molar-refractivity contribution in [2.45, 2.75) is 91.0 Å². The van der Waals surface area contributed by atoms with Gasteiger partial charge in [0, 0.05) is 12.1 Å². The predicted molar refractivity (Wildman–Crippen MR) is 121 cm³/mol. The van der Waals surface area contributed by atoms with E-state index in [0.29, 0.717) is 12.2 Å². The Morgan fingerprint density at radius 1 is 1.21 bits per heavy atom. The Kier molecular flexibility index (Phi) is 8.84. The van der Waals surface area contributed by atoms with Gasteiger partial charge in [-0.05, 0) is 57.2 Å². The Labute approximate surface area is 195 Å². The number of aliphatic hydroxyl groups excluding tert-OH is 1. The molecule has 1 amide bonds. The molecule has 0 aromatic heterocycles. The molecule has 2 rings (SSSR count). The van der Waals surface area contributed by atoms with Gasteiger partial charge in [0.15, 0.2) is 6.29 Å². The molecule has 7 nitrogen and oxygen atoms in total. The van der Waals surface area contributed by atoms with Gasteiger partial charge in [-0.15, -0.1) is 0 Å². The Bertz CT molecular complexity index is 789. The molecule has 1 fully saturated rings. The van der Waals surface area contributed by atoms with E-state index in [2.05, 4.69) is 0 Å². The molecule has 0 saturated carbocycles. The Morgan fingerprint density at radius 3 is 2.30 bits per heavy atom. The molecule has 0 aliphatic carbocycles. The van der Waals surface area contributed by atoms with Crippen molar-refractivity contribution in [1.82, 2.24) is 4.90 Å². The lowest BCUT2D eigenvalue weighted by Crippen LogP contribution is -2.65. The minimum atomic E-state index is -1.24. The Morgan fingerprint density at radius 2 is 1.79 bits per heavy atom. The number of benzene rings is 1. The molecule has 0 bridgehead atoms. The zero-order valence-electron chi connectivity index (χ0n) is 20.6. The van der Waals surface area contributed by atoms with Gasteiger partial charge in [-0.25, -0.2) is 13.6 Å². The van der Waals surface area contributed by atoms with E-state index in [4.69, 9.17) is 19.9 Å². The van der Waals surface area contributed by atoms with E-state index in [-0.39, 0.29) is 18.4 Å². The lowest BCUT2D eigenvalue weighted by molar-refractivity contribution is -0.233. The van der Waals surface area contributed by atoms with Crippen LogP contribution < -0.4 is 5.73 Å². The fourth-order valence-corrected chi connectivity index (χ4v) is 3.65. The molecule has 9 heteroatoms. The summed E-state index contributed by atoms with van der Waals surface area (Å²) in [6, 6.07) is 0.774. The SMILES string of the molecule is C[C@H]1[C@H](OCC(C)(C)C)OC[C@H]([C@@H](O)[C@@H](N)Cc2cc(F)cc(F)c2)N1C(=O)OC(C)(C)C. The van der Waals surface area contributed by atoms with Crippen LogP contribution >= 0.6 is 0 Å². The molecule has 0 unspecified atom stereocenters. The van der Waals surface area contributed by atoms with Crippen LogP contribution in [0.15, 0.2) is 18.2 Å². The van der Waals surface area contributed by atoms with Gasteiger partial charge in [0.25, 0.3) is 0 Å². The zero-order valence-corrected chi connectivity index (χ0v) is 20.6. The van der Waals surface area contributed by atoms with E-state index in [1.165, 1.54) is 4.90 Å². The lowest BCUT2D eigenvalue weighted by Gasteiger charge is -2.47. The predicted octanol–water partition coefficient (Wildman–Crippen LogP) is 3.61. The van der Waals surface area contributed by atoms with Gasteiger partial charge in [-0.2, -0.15) is 0 Å². The number of nitrogens with zero attached hydrogens (tertiary/aromatic N) is 1. The number of rotatable bonds is 6. The molecule has 188 valence electrons. The van der Waals surface area contributed by atoms with Crippen LogP contribution in [-0.2, 0) is 20.6 Å². The van der Waals surface area contributed by atoms with Crippen molar-refractivity contribution in [3.05, 3.63) is 35.4 Å². The molecule has 0 spiro atoms. The molecule has 0 radical (unpaired) electrons. The van der Waals surface area contributed by atoms with Crippen LogP contribution in [-0.4, -0.2) is 65.4 Å². The second-order valence-corrected chi connectivity index (χ2v) is 10.9. The lowest BCUT2D eigenvalue weighted by atomic mass is 9.94. The van der Waals surface area contributed by atoms with Crippen LogP contribution in [0, 0.1) is 17.0 Å². The van der Waals surface area contributed by atoms with Crippen molar-refractivity contribution in [1.29, 1.82) is 0 Å². The third-order valence-electron chi connectivity index (χ3n) is 5.13. The monoisotopic (exact) mass is 472 g/mol. The average Bonchev–Trinajstić information content (AvgIpc) is 2.63. The van der Waals surface area contributed by atoms with Gasteiger partial charge < -0.3 is 25.1 Å². The second-order valence-electron chi connectivity index (χ2n) is 10.9. The number of halogens is 2. The first-order valence-electron chi connectivity index (χ1n) is 11.2. The van der Waals surface area contributed by atoms with Crippen LogP contribution in [0.2, 0.25) is 0 Å². The number of aliphatic hydroxyl groups is 1. The fourth-order valence-electron chi connectivity index (χ4n) is 3.65. The van der Waals surface area contributed by atoms with Crippen LogP contribution in [0.4, 0.5) is 13.6 Å². The van der Waals surface area contributed by atoms with Crippen molar-refractivity contribution in [2.24, 2.45) is 11.1 Å². The Hall–Kier alpha value is -1.81. The molecule has 5 atom stereocenters. The van der Waals surface area contributed by atoms with E-state index in [9.17, 15) is 18.7 Å². The minimum Gasteiger partial charge on any atom is -0.444 e. The molecule has 1 heterocycles. The standard InChI is InChI=1S/C24H38F2N2O5/c1-14-21(32-13-23(2,3)4)31-12-19(28(14)22(30)33-24(5,6)7)20(29)18(27)10-15-8-16(25)11-17(26)9-15/h8-9,11,14,18-21,29H,10,12-13,27H2,1-7H3/t14-,18-,19+,20-,21-/m0/s1. The van der Waals surface area contributed by atoms with Gasteiger partial charge in [0.1, 0.15) is 17.2 Å². The van der Waals surface area contributed by atoms with E-state index in [1.54, 1.807) is 27.7 Å². The average molecular weight is 473 g/mol. The van der Waals surface area contributed by atoms with Gasteiger partial charge in [-0.1, -0.05) is 20.8 Å². The number of carbonyl (C=O) groups excluding carboxylic acids is 1. The molecular formula is C24H38F2N2O5. The van der Waals surface area contributed by atoms with Crippen LogP contribution in [0.25, 0.3) is 0 Å². The highest BCUT2D eigenvalue weighted by Crippen LogP contribution is 2.27. The molecule has 1 aromatic rings. The Balaban J connectivity index is 2.23. The third kappa shape index (κ3) is 8.17. The highest BCUT2D eigenvalue weighted by atomic mass is 19.1. The van der Waals surface area contributed by atoms with E-state index >= 15 is 0 Å². The molecule has 1 aliphatic rings. The number of nitrogens with two attached hydrogens (primary N) is 1. The molecule has 1 aliphatic heterocycles. The largest absolute Gasteiger partial charge is 0.444 e. The number of hydrogen-bond donors (Lipinski definition) is 2. The highest BCUT2D eigenvalue weighted by molar-refractivity contribution is 5.69. The van der Waals surface area contributed by atoms with E-state index < -0.39 is 53.8 Å². The first kappa shape index (κ1) is 27.4. The van der Waals surface area contributed by atoms with E-state index in [0.717, 1.165) is 18.2 Å². The van der Waals surface area contributed by atoms with Crippen molar-refractivity contribution < 1.29 is 32.9 Å². The van der Waals surface area contributed by atoms with Crippen molar-refractivity contribution in [2.75, 3.05) is 13.2 Å². The number of ether oxygens (including phenoxy) is 3. The maximum Gasteiger partial charge on any atom is 0.411 e. The number of amides is 1.